The van der Waals surface area contributed by atoms with Crippen molar-refractivity contribution in [2.24, 2.45) is 0 Å². The van der Waals surface area contributed by atoms with E-state index >= 15 is 0 Å². The molecule has 0 aliphatic heterocycles. The summed E-state index contributed by atoms with van der Waals surface area (Å²) in [5.41, 5.74) is 3.82. The van der Waals surface area contributed by atoms with E-state index in [0.29, 0.717) is 0 Å². The van der Waals surface area contributed by atoms with Gasteiger partial charge >= 0.3 is 0 Å². The van der Waals surface area contributed by atoms with Gasteiger partial charge in [0.1, 0.15) is 0 Å². The minimum Gasteiger partial charge on any atom is -0.256 e. The Morgan fingerprint density at radius 1 is 1.06 bits per heavy atom. The largest absolute Gasteiger partial charge is 0.256 e. The second-order valence-corrected chi connectivity index (χ2v) is 4.55. The van der Waals surface area contributed by atoms with Gasteiger partial charge < -0.3 is 0 Å². The summed E-state index contributed by atoms with van der Waals surface area (Å²) in [7, 11) is 0. The molecule has 0 bridgehead atoms. The van der Waals surface area contributed by atoms with Crippen molar-refractivity contribution >= 4 is 22.5 Å². The number of hydrogen-bond acceptors (Lipinski definition) is 2. The first kappa shape index (κ1) is 11.2. The molecule has 88 valence electrons. The van der Waals surface area contributed by atoms with Gasteiger partial charge in [0.2, 0.25) is 0 Å². The third-order valence-electron chi connectivity index (χ3n) is 2.94. The predicted octanol–water partition coefficient (Wildman–Crippen LogP) is 4.26. The summed E-state index contributed by atoms with van der Waals surface area (Å²) in [6.45, 7) is 1.99. The third-order valence-corrected chi connectivity index (χ3v) is 3.27. The number of fused-ring (bicyclic) bond motifs is 1. The Kier molecular flexibility index (Phi) is 2.73. The van der Waals surface area contributed by atoms with Crippen molar-refractivity contribution in [1.82, 2.24) is 9.97 Å². The van der Waals surface area contributed by atoms with Crippen LogP contribution >= 0.6 is 11.6 Å². The fourth-order valence-corrected chi connectivity index (χ4v) is 2.26. The standard InChI is InChI=1S/C15H11ClN2/c1-10-11(14-6-2-3-8-17-14)9-12-13(16)5-4-7-15(12)18-10/h2-9H,1H3. The highest BCUT2D eigenvalue weighted by atomic mass is 35.5. The predicted molar refractivity (Wildman–Crippen MR) is 74.7 cm³/mol. The van der Waals surface area contributed by atoms with Crippen LogP contribution in [-0.4, -0.2) is 9.97 Å². The van der Waals surface area contributed by atoms with Gasteiger partial charge in [-0.05, 0) is 37.3 Å². The number of pyridine rings is 2. The third kappa shape index (κ3) is 1.85. The van der Waals surface area contributed by atoms with Crippen LogP contribution < -0.4 is 0 Å². The summed E-state index contributed by atoms with van der Waals surface area (Å²) in [6.07, 6.45) is 1.78. The molecule has 3 rings (SSSR count). The van der Waals surface area contributed by atoms with E-state index in [-0.39, 0.29) is 0 Å². The average Bonchev–Trinajstić information content (AvgIpc) is 2.39. The Balaban J connectivity index is 2.31. The van der Waals surface area contributed by atoms with Gasteiger partial charge in [0, 0.05) is 27.9 Å². The van der Waals surface area contributed by atoms with E-state index in [4.69, 9.17) is 11.6 Å². The lowest BCUT2D eigenvalue weighted by molar-refractivity contribution is 1.23. The van der Waals surface area contributed by atoms with Crippen LogP contribution in [0.5, 0.6) is 0 Å². The molecule has 0 saturated carbocycles. The molecule has 0 unspecified atom stereocenters. The van der Waals surface area contributed by atoms with E-state index in [1.165, 1.54) is 0 Å². The lowest BCUT2D eigenvalue weighted by atomic mass is 10.1. The van der Waals surface area contributed by atoms with Crippen LogP contribution in [0, 0.1) is 6.92 Å². The van der Waals surface area contributed by atoms with Crippen molar-refractivity contribution in [3.8, 4) is 11.3 Å². The molecule has 2 aromatic heterocycles. The number of benzene rings is 1. The molecule has 0 saturated heterocycles. The van der Waals surface area contributed by atoms with Crippen LogP contribution in [0.1, 0.15) is 5.69 Å². The summed E-state index contributed by atoms with van der Waals surface area (Å²) in [6, 6.07) is 13.7. The second-order valence-electron chi connectivity index (χ2n) is 4.14. The van der Waals surface area contributed by atoms with Gasteiger partial charge in [0.05, 0.1) is 11.2 Å². The van der Waals surface area contributed by atoms with E-state index in [1.807, 2.05) is 43.3 Å². The SMILES string of the molecule is Cc1nc2cccc(Cl)c2cc1-c1ccccn1. The normalized spacial score (nSPS) is 10.8. The average molecular weight is 255 g/mol. The Bertz CT molecular complexity index is 708. The van der Waals surface area contributed by atoms with E-state index in [0.717, 1.165) is 32.9 Å². The summed E-state index contributed by atoms with van der Waals surface area (Å²) >= 11 is 6.21. The van der Waals surface area contributed by atoms with Gasteiger partial charge in [-0.3, -0.25) is 9.97 Å². The first-order chi connectivity index (χ1) is 8.75. The van der Waals surface area contributed by atoms with Crippen molar-refractivity contribution < 1.29 is 0 Å². The van der Waals surface area contributed by atoms with Crippen molar-refractivity contribution in [3.63, 3.8) is 0 Å². The smallest absolute Gasteiger partial charge is 0.0720 e. The minimum absolute atomic E-state index is 0.720. The van der Waals surface area contributed by atoms with Crippen LogP contribution in [0.2, 0.25) is 5.02 Å². The van der Waals surface area contributed by atoms with Gasteiger partial charge in [-0.1, -0.05) is 23.7 Å². The maximum absolute atomic E-state index is 6.21. The van der Waals surface area contributed by atoms with Gasteiger partial charge in [-0.2, -0.15) is 0 Å². The van der Waals surface area contributed by atoms with Crippen LogP contribution in [0.25, 0.3) is 22.2 Å². The quantitative estimate of drug-likeness (QED) is 0.648. The Morgan fingerprint density at radius 3 is 2.72 bits per heavy atom. The van der Waals surface area contributed by atoms with Gasteiger partial charge in [-0.15, -0.1) is 0 Å². The molecule has 0 atom stereocenters. The minimum atomic E-state index is 0.720. The number of halogens is 1. The Hall–Kier alpha value is -1.93. The fourth-order valence-electron chi connectivity index (χ4n) is 2.04. The van der Waals surface area contributed by atoms with E-state index in [9.17, 15) is 0 Å². The Labute approximate surface area is 110 Å². The highest BCUT2D eigenvalue weighted by molar-refractivity contribution is 6.35. The van der Waals surface area contributed by atoms with Crippen molar-refractivity contribution in [2.75, 3.05) is 0 Å². The van der Waals surface area contributed by atoms with Crippen LogP contribution in [0.15, 0.2) is 48.7 Å². The topological polar surface area (TPSA) is 25.8 Å². The van der Waals surface area contributed by atoms with Crippen LogP contribution in [-0.2, 0) is 0 Å². The van der Waals surface area contributed by atoms with Crippen molar-refractivity contribution in [3.05, 3.63) is 59.4 Å². The van der Waals surface area contributed by atoms with E-state index in [1.54, 1.807) is 6.20 Å². The molecule has 2 heterocycles. The molecule has 0 fully saturated rings. The molecule has 1 aromatic carbocycles. The number of hydrogen-bond donors (Lipinski definition) is 0. The molecular formula is C15H11ClN2. The molecule has 3 heteroatoms. The number of nitrogens with zero attached hydrogens (tertiary/aromatic N) is 2. The highest BCUT2D eigenvalue weighted by Gasteiger charge is 2.08. The molecule has 0 amide bonds. The molecule has 0 aliphatic carbocycles. The summed E-state index contributed by atoms with van der Waals surface area (Å²) in [5, 5.41) is 1.68. The molecule has 0 N–H and O–H groups in total. The van der Waals surface area contributed by atoms with Crippen LogP contribution in [0.3, 0.4) is 0 Å². The maximum atomic E-state index is 6.21. The lowest BCUT2D eigenvalue weighted by Crippen LogP contribution is -1.91. The van der Waals surface area contributed by atoms with Gasteiger partial charge in [0.25, 0.3) is 0 Å². The maximum Gasteiger partial charge on any atom is 0.0720 e. The van der Waals surface area contributed by atoms with Gasteiger partial charge in [-0.25, -0.2) is 0 Å². The van der Waals surface area contributed by atoms with Gasteiger partial charge in [0.15, 0.2) is 0 Å². The van der Waals surface area contributed by atoms with Crippen LogP contribution in [0.4, 0.5) is 0 Å². The first-order valence-corrected chi connectivity index (χ1v) is 6.11. The molecule has 18 heavy (non-hydrogen) atoms. The van der Waals surface area contributed by atoms with E-state index in [2.05, 4.69) is 16.0 Å². The monoisotopic (exact) mass is 254 g/mol. The molecule has 0 aliphatic rings. The van der Waals surface area contributed by atoms with Crippen molar-refractivity contribution in [2.45, 2.75) is 6.92 Å². The zero-order valence-electron chi connectivity index (χ0n) is 9.89. The zero-order valence-corrected chi connectivity index (χ0v) is 10.6. The van der Waals surface area contributed by atoms with Crippen molar-refractivity contribution in [1.29, 1.82) is 0 Å². The first-order valence-electron chi connectivity index (χ1n) is 5.73. The molecule has 0 radical (unpaired) electrons. The molecule has 2 nitrogen and oxygen atoms in total. The second kappa shape index (κ2) is 4.39. The molecular weight excluding hydrogens is 244 g/mol. The summed E-state index contributed by atoms with van der Waals surface area (Å²) in [4.78, 5) is 8.95. The summed E-state index contributed by atoms with van der Waals surface area (Å²) in [5.74, 6) is 0. The lowest BCUT2D eigenvalue weighted by Gasteiger charge is -2.07. The van der Waals surface area contributed by atoms with E-state index < -0.39 is 0 Å². The highest BCUT2D eigenvalue weighted by Crippen LogP contribution is 2.28. The zero-order chi connectivity index (χ0) is 12.5. The number of aromatic nitrogens is 2. The molecule has 3 aromatic rings. The molecule has 0 spiro atoms. The Morgan fingerprint density at radius 2 is 1.94 bits per heavy atom. The fraction of sp³-hybridized carbons (Fsp3) is 0.0667. The number of rotatable bonds is 1. The number of aryl methyl sites for hydroxylation is 1. The summed E-state index contributed by atoms with van der Waals surface area (Å²) < 4.78 is 0.